The molecule has 0 fully saturated rings. The number of hydrogen-bond donors (Lipinski definition) is 0. The second-order valence-corrected chi connectivity index (χ2v) is 2.11. The second kappa shape index (κ2) is 2.16. The van der Waals surface area contributed by atoms with E-state index in [1.165, 1.54) is 6.33 Å². The summed E-state index contributed by atoms with van der Waals surface area (Å²) in [6.07, 6.45) is 3.93. The molecule has 0 radical (unpaired) electrons. The van der Waals surface area contributed by atoms with Crippen LogP contribution < -0.4 is 0 Å². The zero-order valence-electron chi connectivity index (χ0n) is 5.64. The Bertz CT molecular complexity index is 393. The zero-order chi connectivity index (χ0) is 7.68. The highest BCUT2D eigenvalue weighted by atomic mass is 16.1. The number of hydrogen-bond acceptors (Lipinski definition) is 3. The third-order valence-corrected chi connectivity index (χ3v) is 1.46. The van der Waals surface area contributed by atoms with Crippen molar-refractivity contribution < 1.29 is 4.79 Å². The maximum Gasteiger partial charge on any atom is 0.165 e. The predicted octanol–water partition coefficient (Wildman–Crippen LogP) is 0.542. The maximum absolute atomic E-state index is 10.4. The third-order valence-electron chi connectivity index (χ3n) is 1.46. The Morgan fingerprint density at radius 2 is 2.45 bits per heavy atom. The summed E-state index contributed by atoms with van der Waals surface area (Å²) in [4.78, 5) is 14.3. The average Bonchev–Trinajstić information content (AvgIpc) is 2.50. The SMILES string of the molecule is O=Cc1cccn2ncnc12. The molecule has 2 heterocycles. The molecule has 0 unspecified atom stereocenters. The number of carbonyl (C=O) groups excluding carboxylic acids is 1. The molecule has 0 saturated carbocycles. The van der Waals surface area contributed by atoms with Crippen LogP contribution in [0, 0.1) is 0 Å². The van der Waals surface area contributed by atoms with E-state index < -0.39 is 0 Å². The van der Waals surface area contributed by atoms with Crippen LogP contribution in [0.5, 0.6) is 0 Å². The molecule has 4 nitrogen and oxygen atoms in total. The highest BCUT2D eigenvalue weighted by molar-refractivity contribution is 5.83. The molecule has 0 atom stereocenters. The molecule has 0 N–H and O–H groups in total. The van der Waals surface area contributed by atoms with Gasteiger partial charge in [0.2, 0.25) is 0 Å². The van der Waals surface area contributed by atoms with Gasteiger partial charge in [0.05, 0.1) is 5.56 Å². The lowest BCUT2D eigenvalue weighted by Crippen LogP contribution is -1.90. The molecule has 0 spiro atoms. The summed E-state index contributed by atoms with van der Waals surface area (Å²) in [7, 11) is 0. The Labute approximate surface area is 62.5 Å². The fourth-order valence-corrected chi connectivity index (χ4v) is 0.961. The Balaban J connectivity index is 2.88. The first-order valence-corrected chi connectivity index (χ1v) is 3.15. The maximum atomic E-state index is 10.4. The summed E-state index contributed by atoms with van der Waals surface area (Å²) in [5.74, 6) is 0. The predicted molar refractivity (Wildman–Crippen MR) is 38.4 cm³/mol. The highest BCUT2D eigenvalue weighted by Crippen LogP contribution is 2.02. The van der Waals surface area contributed by atoms with Crippen LogP contribution in [0.1, 0.15) is 10.4 Å². The largest absolute Gasteiger partial charge is 0.298 e. The van der Waals surface area contributed by atoms with Gasteiger partial charge < -0.3 is 0 Å². The number of nitrogens with zero attached hydrogens (tertiary/aromatic N) is 3. The van der Waals surface area contributed by atoms with Crippen molar-refractivity contribution in [2.75, 3.05) is 0 Å². The van der Waals surface area contributed by atoms with Gasteiger partial charge in [0.25, 0.3) is 0 Å². The van der Waals surface area contributed by atoms with E-state index in [1.54, 1.807) is 22.8 Å². The van der Waals surface area contributed by atoms with E-state index in [2.05, 4.69) is 10.1 Å². The Hall–Kier alpha value is -1.71. The van der Waals surface area contributed by atoms with Gasteiger partial charge >= 0.3 is 0 Å². The molecule has 2 aromatic heterocycles. The van der Waals surface area contributed by atoms with Crippen LogP contribution >= 0.6 is 0 Å². The minimum absolute atomic E-state index is 0.560. The Kier molecular flexibility index (Phi) is 1.18. The Morgan fingerprint density at radius 3 is 3.27 bits per heavy atom. The fourth-order valence-electron chi connectivity index (χ4n) is 0.961. The van der Waals surface area contributed by atoms with Crippen molar-refractivity contribution in [1.29, 1.82) is 0 Å². The lowest BCUT2D eigenvalue weighted by atomic mass is 10.3. The molecule has 0 saturated heterocycles. The van der Waals surface area contributed by atoms with Gasteiger partial charge in [-0.3, -0.25) is 4.79 Å². The van der Waals surface area contributed by atoms with Gasteiger partial charge in [-0.1, -0.05) is 0 Å². The molecular weight excluding hydrogens is 142 g/mol. The van der Waals surface area contributed by atoms with Gasteiger partial charge in [-0.2, -0.15) is 5.10 Å². The van der Waals surface area contributed by atoms with E-state index in [4.69, 9.17) is 0 Å². The van der Waals surface area contributed by atoms with Crippen molar-refractivity contribution in [1.82, 2.24) is 14.6 Å². The molecule has 0 aliphatic heterocycles. The van der Waals surface area contributed by atoms with Crippen molar-refractivity contribution in [2.24, 2.45) is 0 Å². The zero-order valence-corrected chi connectivity index (χ0v) is 5.64. The van der Waals surface area contributed by atoms with Crippen LogP contribution in [0.3, 0.4) is 0 Å². The van der Waals surface area contributed by atoms with Crippen LogP contribution in [0.15, 0.2) is 24.7 Å². The van der Waals surface area contributed by atoms with Crippen LogP contribution in [0.2, 0.25) is 0 Å². The van der Waals surface area contributed by atoms with Crippen LogP contribution in [0.4, 0.5) is 0 Å². The minimum Gasteiger partial charge on any atom is -0.298 e. The van der Waals surface area contributed by atoms with Gasteiger partial charge in [-0.15, -0.1) is 0 Å². The molecule has 0 aromatic carbocycles. The standard InChI is InChI=1S/C7H5N3O/c11-4-6-2-1-3-10-7(6)8-5-9-10/h1-5H. The number of rotatable bonds is 1. The number of fused-ring (bicyclic) bond motifs is 1. The first-order valence-electron chi connectivity index (χ1n) is 3.15. The second-order valence-electron chi connectivity index (χ2n) is 2.11. The normalized spacial score (nSPS) is 10.2. The number of aldehydes is 1. The first-order chi connectivity index (χ1) is 5.42. The van der Waals surface area contributed by atoms with Gasteiger partial charge in [0.15, 0.2) is 11.9 Å². The molecule has 54 valence electrons. The highest BCUT2D eigenvalue weighted by Gasteiger charge is 1.99. The van der Waals surface area contributed by atoms with Crippen molar-refractivity contribution in [3.8, 4) is 0 Å². The van der Waals surface area contributed by atoms with Crippen LogP contribution in [-0.4, -0.2) is 20.9 Å². The summed E-state index contributed by atoms with van der Waals surface area (Å²) in [5, 5.41) is 3.87. The molecule has 11 heavy (non-hydrogen) atoms. The molecule has 0 aliphatic rings. The minimum atomic E-state index is 0.560. The molecular formula is C7H5N3O. The van der Waals surface area contributed by atoms with Crippen molar-refractivity contribution >= 4 is 11.9 Å². The summed E-state index contributed by atoms with van der Waals surface area (Å²) in [6, 6.07) is 3.46. The molecule has 0 bridgehead atoms. The molecule has 0 aliphatic carbocycles. The van der Waals surface area contributed by atoms with Crippen molar-refractivity contribution in [3.05, 3.63) is 30.2 Å². The van der Waals surface area contributed by atoms with Crippen LogP contribution in [-0.2, 0) is 0 Å². The van der Waals surface area contributed by atoms with Gasteiger partial charge in [-0.25, -0.2) is 9.50 Å². The van der Waals surface area contributed by atoms with E-state index in [-0.39, 0.29) is 0 Å². The van der Waals surface area contributed by atoms with E-state index in [1.807, 2.05) is 0 Å². The topological polar surface area (TPSA) is 47.3 Å². The quantitative estimate of drug-likeness (QED) is 0.553. The lowest BCUT2D eigenvalue weighted by molar-refractivity contribution is 0.112. The first kappa shape index (κ1) is 6.03. The number of aromatic nitrogens is 3. The summed E-state index contributed by atoms with van der Waals surface area (Å²) in [5.41, 5.74) is 1.16. The summed E-state index contributed by atoms with van der Waals surface area (Å²) in [6.45, 7) is 0. The monoisotopic (exact) mass is 147 g/mol. The molecule has 4 heteroatoms. The van der Waals surface area contributed by atoms with Crippen molar-refractivity contribution in [2.45, 2.75) is 0 Å². The van der Waals surface area contributed by atoms with E-state index >= 15 is 0 Å². The van der Waals surface area contributed by atoms with E-state index in [9.17, 15) is 4.79 Å². The summed E-state index contributed by atoms with van der Waals surface area (Å²) >= 11 is 0. The van der Waals surface area contributed by atoms with Gasteiger partial charge in [0.1, 0.15) is 6.33 Å². The van der Waals surface area contributed by atoms with Gasteiger partial charge in [-0.05, 0) is 12.1 Å². The van der Waals surface area contributed by atoms with E-state index in [0.29, 0.717) is 11.2 Å². The third kappa shape index (κ3) is 0.797. The molecule has 2 rings (SSSR count). The number of pyridine rings is 1. The molecule has 0 amide bonds. The number of carbonyl (C=O) groups is 1. The van der Waals surface area contributed by atoms with Crippen LogP contribution in [0.25, 0.3) is 5.65 Å². The van der Waals surface area contributed by atoms with Gasteiger partial charge in [0, 0.05) is 6.20 Å². The van der Waals surface area contributed by atoms with E-state index in [0.717, 1.165) is 6.29 Å². The summed E-state index contributed by atoms with van der Waals surface area (Å²) < 4.78 is 1.56. The Morgan fingerprint density at radius 1 is 1.55 bits per heavy atom. The lowest BCUT2D eigenvalue weighted by Gasteiger charge is -1.91. The smallest absolute Gasteiger partial charge is 0.165 e. The molecule has 2 aromatic rings. The van der Waals surface area contributed by atoms with Crippen molar-refractivity contribution in [3.63, 3.8) is 0 Å². The fraction of sp³-hybridized carbons (Fsp3) is 0. The average molecular weight is 147 g/mol.